The van der Waals surface area contributed by atoms with Crippen molar-refractivity contribution in [3.8, 4) is 22.7 Å². The summed E-state index contributed by atoms with van der Waals surface area (Å²) in [5, 5.41) is 7.82. The van der Waals surface area contributed by atoms with E-state index in [0.29, 0.717) is 12.2 Å². The van der Waals surface area contributed by atoms with E-state index in [-0.39, 0.29) is 5.91 Å². The van der Waals surface area contributed by atoms with Gasteiger partial charge in [-0.3, -0.25) is 4.79 Å². The van der Waals surface area contributed by atoms with E-state index in [9.17, 15) is 4.79 Å². The molecule has 1 aliphatic heterocycles. The van der Waals surface area contributed by atoms with Gasteiger partial charge < -0.3 is 15.0 Å². The summed E-state index contributed by atoms with van der Waals surface area (Å²) >= 11 is 0. The van der Waals surface area contributed by atoms with Crippen LogP contribution in [0, 0.1) is 6.92 Å². The third kappa shape index (κ3) is 4.54. The topological polar surface area (TPSA) is 59.4 Å². The Balaban J connectivity index is 1.59. The highest BCUT2D eigenvalue weighted by Crippen LogP contribution is 2.24. The van der Waals surface area contributed by atoms with Crippen molar-refractivity contribution in [2.75, 3.05) is 33.3 Å². The van der Waals surface area contributed by atoms with Crippen LogP contribution in [0.1, 0.15) is 28.9 Å². The molecule has 4 rings (SSSR count). The Morgan fingerprint density at radius 1 is 1.07 bits per heavy atom. The fourth-order valence-electron chi connectivity index (χ4n) is 3.75. The summed E-state index contributed by atoms with van der Waals surface area (Å²) in [6.07, 6.45) is 2.50. The number of benzene rings is 2. The molecule has 1 N–H and O–H groups in total. The normalized spacial score (nSPS) is 14.1. The van der Waals surface area contributed by atoms with Crippen LogP contribution in [-0.2, 0) is 0 Å². The molecular formula is C24H28N4O2. The maximum absolute atomic E-state index is 13.0. The number of ether oxygens (including phenoxy) is 1. The molecule has 2 aromatic carbocycles. The number of aromatic nitrogens is 2. The van der Waals surface area contributed by atoms with Gasteiger partial charge >= 0.3 is 0 Å². The third-order valence-electron chi connectivity index (χ3n) is 5.52. The molecule has 0 bridgehead atoms. The van der Waals surface area contributed by atoms with E-state index in [0.717, 1.165) is 47.9 Å². The van der Waals surface area contributed by atoms with Gasteiger partial charge in [0.05, 0.1) is 18.5 Å². The summed E-state index contributed by atoms with van der Waals surface area (Å²) in [6.45, 7) is 5.81. The van der Waals surface area contributed by atoms with E-state index in [4.69, 9.17) is 9.84 Å². The predicted molar refractivity (Wildman–Crippen MR) is 118 cm³/mol. The van der Waals surface area contributed by atoms with E-state index >= 15 is 0 Å². The number of carbonyl (C=O) groups excluding carboxylic acids is 1. The van der Waals surface area contributed by atoms with Gasteiger partial charge in [-0.15, -0.1) is 0 Å². The molecule has 6 heteroatoms. The van der Waals surface area contributed by atoms with Crippen molar-refractivity contribution in [2.24, 2.45) is 0 Å². The van der Waals surface area contributed by atoms with Gasteiger partial charge in [0.25, 0.3) is 5.91 Å². The van der Waals surface area contributed by atoms with Crippen LogP contribution in [0.4, 0.5) is 0 Å². The van der Waals surface area contributed by atoms with E-state index in [1.165, 1.54) is 12.8 Å². The number of methoxy groups -OCH3 is 1. The predicted octanol–water partition coefficient (Wildman–Crippen LogP) is 3.68. The number of nitrogens with zero attached hydrogens (tertiary/aromatic N) is 3. The van der Waals surface area contributed by atoms with Crippen molar-refractivity contribution in [3.05, 3.63) is 65.9 Å². The molecule has 0 unspecified atom stereocenters. The zero-order valence-electron chi connectivity index (χ0n) is 17.6. The van der Waals surface area contributed by atoms with Gasteiger partial charge in [-0.05, 0) is 75.3 Å². The summed E-state index contributed by atoms with van der Waals surface area (Å²) in [6, 6.07) is 17.6. The van der Waals surface area contributed by atoms with Crippen LogP contribution in [0.15, 0.2) is 54.6 Å². The van der Waals surface area contributed by atoms with Crippen molar-refractivity contribution < 1.29 is 9.53 Å². The minimum Gasteiger partial charge on any atom is -0.497 e. The SMILES string of the molecule is COc1ccc(-c2cc(C(=O)NCCN3CCCC3)n(-c3ccc(C)cc3)n2)cc1. The fourth-order valence-corrected chi connectivity index (χ4v) is 3.75. The lowest BCUT2D eigenvalue weighted by molar-refractivity contribution is 0.0942. The molecule has 0 saturated carbocycles. The molecule has 0 radical (unpaired) electrons. The summed E-state index contributed by atoms with van der Waals surface area (Å²) in [4.78, 5) is 15.4. The smallest absolute Gasteiger partial charge is 0.270 e. The molecule has 6 nitrogen and oxygen atoms in total. The van der Waals surface area contributed by atoms with Crippen LogP contribution in [0.5, 0.6) is 5.75 Å². The average Bonchev–Trinajstić information content (AvgIpc) is 3.44. The van der Waals surface area contributed by atoms with Crippen LogP contribution in [0.3, 0.4) is 0 Å². The van der Waals surface area contributed by atoms with Gasteiger partial charge in [0.2, 0.25) is 0 Å². The van der Waals surface area contributed by atoms with Gasteiger partial charge in [0.15, 0.2) is 0 Å². The Labute approximate surface area is 177 Å². The van der Waals surface area contributed by atoms with E-state index < -0.39 is 0 Å². The molecule has 1 amide bonds. The Morgan fingerprint density at radius 3 is 2.43 bits per heavy atom. The van der Waals surface area contributed by atoms with Gasteiger partial charge in [-0.2, -0.15) is 5.10 Å². The minimum atomic E-state index is -0.109. The van der Waals surface area contributed by atoms with Crippen molar-refractivity contribution in [3.63, 3.8) is 0 Å². The van der Waals surface area contributed by atoms with Crippen molar-refractivity contribution in [2.45, 2.75) is 19.8 Å². The van der Waals surface area contributed by atoms with Crippen LogP contribution >= 0.6 is 0 Å². The molecule has 1 fully saturated rings. The van der Waals surface area contributed by atoms with Crippen molar-refractivity contribution in [1.29, 1.82) is 0 Å². The van der Waals surface area contributed by atoms with Crippen LogP contribution < -0.4 is 10.1 Å². The molecule has 156 valence electrons. The first kappa shape index (κ1) is 20.2. The highest BCUT2D eigenvalue weighted by atomic mass is 16.5. The lowest BCUT2D eigenvalue weighted by Crippen LogP contribution is -2.34. The zero-order chi connectivity index (χ0) is 20.9. The summed E-state index contributed by atoms with van der Waals surface area (Å²) < 4.78 is 6.97. The molecule has 0 spiro atoms. The van der Waals surface area contributed by atoms with Crippen molar-refractivity contribution in [1.82, 2.24) is 20.0 Å². The maximum Gasteiger partial charge on any atom is 0.270 e. The van der Waals surface area contributed by atoms with Gasteiger partial charge in [0, 0.05) is 18.7 Å². The number of hydrogen-bond acceptors (Lipinski definition) is 4. The highest BCUT2D eigenvalue weighted by molar-refractivity contribution is 5.94. The Bertz CT molecular complexity index is 987. The molecule has 0 aliphatic carbocycles. The third-order valence-corrected chi connectivity index (χ3v) is 5.52. The number of rotatable bonds is 7. The molecule has 30 heavy (non-hydrogen) atoms. The van der Waals surface area contributed by atoms with Gasteiger partial charge in [-0.1, -0.05) is 17.7 Å². The highest BCUT2D eigenvalue weighted by Gasteiger charge is 2.18. The first-order chi connectivity index (χ1) is 14.6. The quantitative estimate of drug-likeness (QED) is 0.653. The van der Waals surface area contributed by atoms with Crippen LogP contribution in [-0.4, -0.2) is 53.9 Å². The van der Waals surface area contributed by atoms with Gasteiger partial charge in [0.1, 0.15) is 11.4 Å². The van der Waals surface area contributed by atoms with Crippen LogP contribution in [0.25, 0.3) is 16.9 Å². The zero-order valence-corrected chi connectivity index (χ0v) is 17.6. The van der Waals surface area contributed by atoms with E-state index in [1.807, 2.05) is 61.5 Å². The Morgan fingerprint density at radius 2 is 1.77 bits per heavy atom. The molecule has 1 aliphatic rings. The molecule has 1 aromatic heterocycles. The molecule has 2 heterocycles. The largest absolute Gasteiger partial charge is 0.497 e. The number of carbonyl (C=O) groups is 1. The maximum atomic E-state index is 13.0. The molecular weight excluding hydrogens is 376 g/mol. The standard InChI is InChI=1S/C24H28N4O2/c1-18-5-9-20(10-6-18)28-23(24(29)25-13-16-27-14-3-4-15-27)17-22(26-28)19-7-11-21(30-2)12-8-19/h5-12,17H,3-4,13-16H2,1-2H3,(H,25,29). The number of amides is 1. The number of aryl methyl sites for hydroxylation is 1. The second-order valence-corrected chi connectivity index (χ2v) is 7.70. The van der Waals surface area contributed by atoms with Gasteiger partial charge in [-0.25, -0.2) is 4.68 Å². The second-order valence-electron chi connectivity index (χ2n) is 7.70. The lowest BCUT2D eigenvalue weighted by atomic mass is 10.1. The molecule has 0 atom stereocenters. The Kier molecular flexibility index (Phi) is 6.14. The van der Waals surface area contributed by atoms with E-state index in [1.54, 1.807) is 11.8 Å². The second kappa shape index (κ2) is 9.13. The minimum absolute atomic E-state index is 0.109. The fraction of sp³-hybridized carbons (Fsp3) is 0.333. The van der Waals surface area contributed by atoms with Crippen LogP contribution in [0.2, 0.25) is 0 Å². The summed E-state index contributed by atoms with van der Waals surface area (Å²) in [5.41, 5.74) is 4.25. The first-order valence-electron chi connectivity index (χ1n) is 10.5. The van der Waals surface area contributed by atoms with Crippen molar-refractivity contribution >= 4 is 5.91 Å². The lowest BCUT2D eigenvalue weighted by Gasteiger charge is -2.15. The monoisotopic (exact) mass is 404 g/mol. The number of hydrogen-bond donors (Lipinski definition) is 1. The average molecular weight is 405 g/mol. The number of nitrogens with one attached hydrogen (secondary N) is 1. The molecule has 1 saturated heterocycles. The van der Waals surface area contributed by atoms with E-state index in [2.05, 4.69) is 10.2 Å². The first-order valence-corrected chi connectivity index (χ1v) is 10.5. The molecule has 3 aromatic rings. The Hall–Kier alpha value is -3.12. The summed E-state index contributed by atoms with van der Waals surface area (Å²) in [7, 11) is 1.64. The number of likely N-dealkylation sites (tertiary alicyclic amines) is 1. The summed E-state index contributed by atoms with van der Waals surface area (Å²) in [5.74, 6) is 0.679.